The van der Waals surface area contributed by atoms with Crippen molar-refractivity contribution in [2.24, 2.45) is 22.7 Å². The van der Waals surface area contributed by atoms with Crippen molar-refractivity contribution in [3.05, 3.63) is 23.8 Å². The second kappa shape index (κ2) is 8.15. The molecule has 6 unspecified atom stereocenters. The summed E-state index contributed by atoms with van der Waals surface area (Å²) in [6, 6.07) is 0. The zero-order chi connectivity index (χ0) is 22.3. The fourth-order valence-electron chi connectivity index (χ4n) is 5.83. The number of aliphatic hydroxyl groups excluding tert-OH is 2. The van der Waals surface area contributed by atoms with Crippen molar-refractivity contribution in [3.8, 4) is 0 Å². The predicted octanol–water partition coefficient (Wildman–Crippen LogP) is 1.60. The van der Waals surface area contributed by atoms with Gasteiger partial charge in [-0.3, -0.25) is 0 Å². The molecule has 0 bridgehead atoms. The number of cyclic esters (lactones) is 1. The van der Waals surface area contributed by atoms with Gasteiger partial charge >= 0.3 is 17.9 Å². The lowest BCUT2D eigenvalue weighted by molar-refractivity contribution is -0.181. The second-order valence-electron chi connectivity index (χ2n) is 9.26. The van der Waals surface area contributed by atoms with E-state index in [0.717, 1.165) is 24.8 Å². The number of fused-ring (bicyclic) bond motifs is 1. The molecule has 3 N–H and O–H groups in total. The van der Waals surface area contributed by atoms with Gasteiger partial charge in [0, 0.05) is 5.41 Å². The Balaban J connectivity index is 1.86. The molecule has 2 aliphatic carbocycles. The van der Waals surface area contributed by atoms with E-state index in [1.165, 1.54) is 0 Å². The highest BCUT2D eigenvalue weighted by Crippen LogP contribution is 2.61. The SMILES string of the molecule is C=C1CCC2C(C)(COC(=O)C(=O)O)C(O)CCC2(C)C1C/C=C1/C(=O)OCC1O. The number of hydrogen-bond acceptors (Lipinski definition) is 7. The normalized spacial score (nSPS) is 40.1. The molecule has 3 rings (SSSR count). The molecule has 0 spiro atoms. The number of allylic oxidation sites excluding steroid dienone is 2. The van der Waals surface area contributed by atoms with Crippen LogP contribution in [0.4, 0.5) is 0 Å². The van der Waals surface area contributed by atoms with E-state index in [1.54, 1.807) is 6.08 Å². The molecule has 0 aromatic carbocycles. The Hall–Kier alpha value is -2.19. The highest BCUT2D eigenvalue weighted by Gasteiger charge is 2.58. The molecular formula is C22H30O8. The summed E-state index contributed by atoms with van der Waals surface area (Å²) < 4.78 is 9.90. The van der Waals surface area contributed by atoms with Crippen molar-refractivity contribution in [2.45, 2.75) is 58.2 Å². The molecular weight excluding hydrogens is 392 g/mol. The first-order valence-electron chi connectivity index (χ1n) is 10.3. The third-order valence-corrected chi connectivity index (χ3v) is 7.58. The Morgan fingerprint density at radius 3 is 2.60 bits per heavy atom. The Bertz CT molecular complexity index is 786. The Morgan fingerprint density at radius 1 is 1.30 bits per heavy atom. The Kier molecular flexibility index (Phi) is 6.11. The van der Waals surface area contributed by atoms with Crippen LogP contribution in [0.3, 0.4) is 0 Å². The van der Waals surface area contributed by atoms with Crippen molar-refractivity contribution in [3.63, 3.8) is 0 Å². The van der Waals surface area contributed by atoms with Crippen LogP contribution in [0.1, 0.15) is 46.0 Å². The lowest BCUT2D eigenvalue weighted by Crippen LogP contribution is -2.57. The summed E-state index contributed by atoms with van der Waals surface area (Å²) in [5.74, 6) is -3.52. The molecule has 1 saturated heterocycles. The van der Waals surface area contributed by atoms with Crippen LogP contribution in [0.2, 0.25) is 0 Å². The van der Waals surface area contributed by atoms with E-state index < -0.39 is 35.5 Å². The summed E-state index contributed by atoms with van der Waals surface area (Å²) in [5, 5.41) is 29.6. The molecule has 8 nitrogen and oxygen atoms in total. The van der Waals surface area contributed by atoms with Gasteiger partial charge < -0.3 is 24.8 Å². The number of carboxylic acids is 1. The van der Waals surface area contributed by atoms with Gasteiger partial charge in [-0.05, 0) is 49.4 Å². The van der Waals surface area contributed by atoms with Gasteiger partial charge in [-0.1, -0.05) is 32.1 Å². The molecule has 3 aliphatic rings. The van der Waals surface area contributed by atoms with Gasteiger partial charge in [0.25, 0.3) is 0 Å². The summed E-state index contributed by atoms with van der Waals surface area (Å²) in [6.07, 6.45) is 3.26. The fourth-order valence-corrected chi connectivity index (χ4v) is 5.83. The van der Waals surface area contributed by atoms with Crippen LogP contribution < -0.4 is 0 Å². The maximum absolute atomic E-state index is 11.8. The summed E-state index contributed by atoms with van der Waals surface area (Å²) in [4.78, 5) is 34.2. The van der Waals surface area contributed by atoms with Gasteiger partial charge in [0.1, 0.15) is 12.7 Å². The molecule has 3 fully saturated rings. The summed E-state index contributed by atoms with van der Waals surface area (Å²) in [5.41, 5.74) is 0.231. The number of carbonyl (C=O) groups excluding carboxylic acids is 2. The third kappa shape index (κ3) is 3.78. The van der Waals surface area contributed by atoms with Crippen molar-refractivity contribution >= 4 is 17.9 Å². The van der Waals surface area contributed by atoms with E-state index in [-0.39, 0.29) is 36.0 Å². The van der Waals surface area contributed by atoms with E-state index in [0.29, 0.717) is 12.8 Å². The molecule has 0 aromatic heterocycles. The van der Waals surface area contributed by atoms with E-state index in [1.807, 2.05) is 6.92 Å². The van der Waals surface area contributed by atoms with Crippen molar-refractivity contribution in [1.29, 1.82) is 0 Å². The number of carbonyl (C=O) groups is 3. The van der Waals surface area contributed by atoms with Gasteiger partial charge in [0.2, 0.25) is 0 Å². The quantitative estimate of drug-likeness (QED) is 0.270. The number of carboxylic acid groups (broad SMARTS) is 1. The van der Waals surface area contributed by atoms with Gasteiger partial charge in [-0.25, -0.2) is 14.4 Å². The monoisotopic (exact) mass is 422 g/mol. The van der Waals surface area contributed by atoms with Crippen LogP contribution in [-0.2, 0) is 23.9 Å². The second-order valence-corrected chi connectivity index (χ2v) is 9.26. The average Bonchev–Trinajstić information content (AvgIpc) is 3.00. The maximum Gasteiger partial charge on any atom is 0.417 e. The molecule has 0 radical (unpaired) electrons. The summed E-state index contributed by atoms with van der Waals surface area (Å²) >= 11 is 0. The van der Waals surface area contributed by atoms with Crippen molar-refractivity contribution in [1.82, 2.24) is 0 Å². The summed E-state index contributed by atoms with van der Waals surface area (Å²) in [6.45, 7) is 8.00. The first-order chi connectivity index (χ1) is 14.0. The Morgan fingerprint density at radius 2 is 2.00 bits per heavy atom. The largest absolute Gasteiger partial charge is 0.473 e. The van der Waals surface area contributed by atoms with Crippen LogP contribution in [0, 0.1) is 22.7 Å². The molecule has 0 amide bonds. The minimum Gasteiger partial charge on any atom is -0.473 e. The number of aliphatic hydroxyl groups is 2. The highest BCUT2D eigenvalue weighted by atomic mass is 16.6. The average molecular weight is 422 g/mol. The fraction of sp³-hybridized carbons (Fsp3) is 0.682. The van der Waals surface area contributed by atoms with Gasteiger partial charge in [-0.15, -0.1) is 0 Å². The molecule has 8 heteroatoms. The van der Waals surface area contributed by atoms with Crippen LogP contribution in [0.15, 0.2) is 23.8 Å². The zero-order valence-electron chi connectivity index (χ0n) is 17.4. The van der Waals surface area contributed by atoms with E-state index in [4.69, 9.17) is 14.6 Å². The molecule has 1 heterocycles. The van der Waals surface area contributed by atoms with Crippen LogP contribution in [-0.4, -0.2) is 58.6 Å². The first kappa shape index (κ1) is 22.5. The lowest BCUT2D eigenvalue weighted by Gasteiger charge is -2.60. The van der Waals surface area contributed by atoms with E-state index in [9.17, 15) is 24.6 Å². The zero-order valence-corrected chi connectivity index (χ0v) is 17.4. The first-order valence-corrected chi connectivity index (χ1v) is 10.3. The molecule has 2 saturated carbocycles. The third-order valence-electron chi connectivity index (χ3n) is 7.58. The predicted molar refractivity (Wildman–Crippen MR) is 105 cm³/mol. The molecule has 0 aromatic rings. The topological polar surface area (TPSA) is 130 Å². The van der Waals surface area contributed by atoms with Crippen LogP contribution in [0.25, 0.3) is 0 Å². The molecule has 1 aliphatic heterocycles. The number of esters is 2. The number of aliphatic carboxylic acids is 1. The highest BCUT2D eigenvalue weighted by molar-refractivity contribution is 6.28. The minimum atomic E-state index is -1.66. The number of rotatable bonds is 4. The molecule has 166 valence electrons. The van der Waals surface area contributed by atoms with E-state index in [2.05, 4.69) is 13.5 Å². The smallest absolute Gasteiger partial charge is 0.417 e. The Labute approximate surface area is 175 Å². The maximum atomic E-state index is 11.8. The summed E-state index contributed by atoms with van der Waals surface area (Å²) in [7, 11) is 0. The van der Waals surface area contributed by atoms with Crippen molar-refractivity contribution in [2.75, 3.05) is 13.2 Å². The lowest BCUT2D eigenvalue weighted by atomic mass is 9.46. The molecule has 6 atom stereocenters. The molecule has 30 heavy (non-hydrogen) atoms. The standard InChI is InChI=1S/C22H30O8/c1-12-4-7-16-21(2,14(12)6-5-13-15(23)10-29-19(13)27)9-8-17(24)22(16,3)11-30-20(28)18(25)26/h5,14-17,23-24H,1,4,6-11H2,2-3H3,(H,25,26)/b13-5+. The minimum absolute atomic E-state index is 0.00588. The number of ether oxygens (including phenoxy) is 2. The van der Waals surface area contributed by atoms with Gasteiger partial charge in [0.15, 0.2) is 0 Å². The van der Waals surface area contributed by atoms with Crippen molar-refractivity contribution < 1.29 is 39.2 Å². The van der Waals surface area contributed by atoms with E-state index >= 15 is 0 Å². The number of hydrogen-bond donors (Lipinski definition) is 3. The van der Waals surface area contributed by atoms with Gasteiger partial charge in [-0.2, -0.15) is 0 Å². The van der Waals surface area contributed by atoms with Gasteiger partial charge in [0.05, 0.1) is 18.3 Å². The van der Waals surface area contributed by atoms with Crippen LogP contribution >= 0.6 is 0 Å². The van der Waals surface area contributed by atoms with Crippen LogP contribution in [0.5, 0.6) is 0 Å².